The number of hydrogen-bond acceptors (Lipinski definition) is 4. The average molecular weight is 351 g/mol. The van der Waals surface area contributed by atoms with Crippen LogP contribution < -0.4 is 15.7 Å². The predicted octanol–water partition coefficient (Wildman–Crippen LogP) is 3.55. The molecule has 0 bridgehead atoms. The number of fused-ring (bicyclic) bond motifs is 1. The van der Waals surface area contributed by atoms with Crippen LogP contribution >= 0.6 is 0 Å². The van der Waals surface area contributed by atoms with Crippen molar-refractivity contribution in [3.63, 3.8) is 0 Å². The molecule has 0 atom stereocenters. The van der Waals surface area contributed by atoms with E-state index in [9.17, 15) is 9.59 Å². The first kappa shape index (κ1) is 17.7. The zero-order valence-corrected chi connectivity index (χ0v) is 14.7. The molecule has 26 heavy (non-hydrogen) atoms. The summed E-state index contributed by atoms with van der Waals surface area (Å²) in [7, 11) is 0. The summed E-state index contributed by atoms with van der Waals surface area (Å²) >= 11 is 0. The highest BCUT2D eigenvalue weighted by Gasteiger charge is 2.13. The smallest absolute Gasteiger partial charge is 0.349 e. The van der Waals surface area contributed by atoms with Crippen molar-refractivity contribution < 1.29 is 13.9 Å². The summed E-state index contributed by atoms with van der Waals surface area (Å²) in [5.74, 6) is 0.213. The van der Waals surface area contributed by atoms with Crippen molar-refractivity contribution in [3.8, 4) is 5.75 Å². The second-order valence-electron chi connectivity index (χ2n) is 5.99. The third kappa shape index (κ3) is 4.30. The molecule has 1 heterocycles. The predicted molar refractivity (Wildman–Crippen MR) is 101 cm³/mol. The van der Waals surface area contributed by atoms with Crippen LogP contribution in [-0.2, 0) is 6.42 Å². The Bertz CT molecular complexity index is 947. The molecule has 0 aliphatic carbocycles. The van der Waals surface area contributed by atoms with Gasteiger partial charge in [-0.2, -0.15) is 0 Å². The van der Waals surface area contributed by atoms with Crippen molar-refractivity contribution in [2.45, 2.75) is 19.8 Å². The van der Waals surface area contributed by atoms with E-state index in [-0.39, 0.29) is 5.56 Å². The Morgan fingerprint density at radius 1 is 1.12 bits per heavy atom. The second kappa shape index (κ2) is 8.34. The number of rotatable bonds is 7. The van der Waals surface area contributed by atoms with E-state index in [1.54, 1.807) is 24.3 Å². The molecule has 0 fully saturated rings. The van der Waals surface area contributed by atoms with E-state index in [4.69, 9.17) is 9.15 Å². The van der Waals surface area contributed by atoms with Crippen LogP contribution in [0.25, 0.3) is 11.0 Å². The van der Waals surface area contributed by atoms with E-state index in [0.717, 1.165) is 12.0 Å². The Morgan fingerprint density at radius 3 is 2.69 bits per heavy atom. The standard InChI is InChI=1S/C21H21NO4/c1-2-12-25-17-9-8-16-13-18(21(24)26-19(16)14-17)20(23)22-11-10-15-6-4-3-5-7-15/h3-9,13-14H,2,10-12H2,1H3,(H,22,23). The van der Waals surface area contributed by atoms with E-state index in [1.165, 1.54) is 0 Å². The minimum atomic E-state index is -0.651. The first-order chi connectivity index (χ1) is 12.7. The van der Waals surface area contributed by atoms with E-state index in [2.05, 4.69) is 5.32 Å². The van der Waals surface area contributed by atoms with Crippen molar-refractivity contribution >= 4 is 16.9 Å². The monoisotopic (exact) mass is 351 g/mol. The van der Waals surface area contributed by atoms with Gasteiger partial charge in [0.15, 0.2) is 0 Å². The van der Waals surface area contributed by atoms with E-state index < -0.39 is 11.5 Å². The first-order valence-corrected chi connectivity index (χ1v) is 8.70. The zero-order valence-electron chi connectivity index (χ0n) is 14.7. The molecule has 5 nitrogen and oxygen atoms in total. The van der Waals surface area contributed by atoms with Crippen molar-refractivity contribution in [3.05, 3.63) is 76.1 Å². The molecule has 1 aromatic heterocycles. The van der Waals surface area contributed by atoms with Gasteiger partial charge in [0, 0.05) is 18.0 Å². The molecule has 2 aromatic carbocycles. The van der Waals surface area contributed by atoms with Crippen LogP contribution in [0, 0.1) is 0 Å². The lowest BCUT2D eigenvalue weighted by atomic mass is 10.1. The molecule has 0 unspecified atom stereocenters. The fraction of sp³-hybridized carbons (Fsp3) is 0.238. The lowest BCUT2D eigenvalue weighted by Crippen LogP contribution is -2.29. The molecule has 3 rings (SSSR count). The maximum Gasteiger partial charge on any atom is 0.349 e. The molecule has 0 aliphatic heterocycles. The molecule has 1 N–H and O–H groups in total. The molecule has 0 saturated carbocycles. The highest BCUT2D eigenvalue weighted by molar-refractivity contribution is 5.96. The molecule has 1 amide bonds. The summed E-state index contributed by atoms with van der Waals surface area (Å²) in [4.78, 5) is 24.5. The lowest BCUT2D eigenvalue weighted by Gasteiger charge is -2.07. The van der Waals surface area contributed by atoms with Gasteiger partial charge in [0.1, 0.15) is 16.9 Å². The Kier molecular flexibility index (Phi) is 5.69. The Morgan fingerprint density at radius 2 is 1.92 bits per heavy atom. The molecule has 0 radical (unpaired) electrons. The Labute approximate surface area is 151 Å². The molecule has 0 aliphatic rings. The molecule has 3 aromatic rings. The van der Waals surface area contributed by atoms with Gasteiger partial charge in [0.2, 0.25) is 0 Å². The summed E-state index contributed by atoms with van der Waals surface area (Å²) in [6, 6.07) is 16.6. The number of nitrogens with one attached hydrogen (secondary N) is 1. The molecule has 0 saturated heterocycles. The second-order valence-corrected chi connectivity index (χ2v) is 5.99. The number of ether oxygens (including phenoxy) is 1. The summed E-state index contributed by atoms with van der Waals surface area (Å²) in [5.41, 5.74) is 0.887. The summed E-state index contributed by atoms with van der Waals surface area (Å²) < 4.78 is 10.8. The van der Waals surface area contributed by atoms with Gasteiger partial charge in [-0.25, -0.2) is 4.79 Å². The molecular formula is C21H21NO4. The van der Waals surface area contributed by atoms with Gasteiger partial charge in [0.25, 0.3) is 5.91 Å². The lowest BCUT2D eigenvalue weighted by molar-refractivity contribution is 0.0950. The van der Waals surface area contributed by atoms with Gasteiger partial charge in [-0.15, -0.1) is 0 Å². The van der Waals surface area contributed by atoms with Crippen molar-refractivity contribution in [2.75, 3.05) is 13.2 Å². The highest BCUT2D eigenvalue weighted by atomic mass is 16.5. The third-order valence-electron chi connectivity index (χ3n) is 3.97. The van der Waals surface area contributed by atoms with Crippen molar-refractivity contribution in [2.24, 2.45) is 0 Å². The number of hydrogen-bond donors (Lipinski definition) is 1. The summed E-state index contributed by atoms with van der Waals surface area (Å²) in [6.45, 7) is 3.06. The van der Waals surface area contributed by atoms with E-state index in [0.29, 0.717) is 36.3 Å². The van der Waals surface area contributed by atoms with Crippen molar-refractivity contribution in [1.82, 2.24) is 5.32 Å². The summed E-state index contributed by atoms with van der Waals surface area (Å²) in [6.07, 6.45) is 1.59. The first-order valence-electron chi connectivity index (χ1n) is 8.70. The van der Waals surface area contributed by atoms with Crippen molar-refractivity contribution in [1.29, 1.82) is 0 Å². The van der Waals surface area contributed by atoms with Gasteiger partial charge in [-0.05, 0) is 36.6 Å². The fourth-order valence-corrected chi connectivity index (χ4v) is 2.62. The maximum atomic E-state index is 12.3. The van der Waals surface area contributed by atoms with Gasteiger partial charge in [0.05, 0.1) is 6.61 Å². The highest BCUT2D eigenvalue weighted by Crippen LogP contribution is 2.20. The van der Waals surface area contributed by atoms with E-state index >= 15 is 0 Å². The zero-order chi connectivity index (χ0) is 18.4. The summed E-state index contributed by atoms with van der Waals surface area (Å²) in [5, 5.41) is 3.45. The van der Waals surface area contributed by atoms with Crippen LogP contribution in [0.15, 0.2) is 63.8 Å². The van der Waals surface area contributed by atoms with Gasteiger partial charge in [-0.1, -0.05) is 37.3 Å². The van der Waals surface area contributed by atoms with Crippen LogP contribution in [0.5, 0.6) is 5.75 Å². The topological polar surface area (TPSA) is 68.5 Å². The molecule has 5 heteroatoms. The van der Waals surface area contributed by atoms with Gasteiger partial charge < -0.3 is 14.5 Å². The van der Waals surface area contributed by atoms with Gasteiger partial charge in [-0.3, -0.25) is 4.79 Å². The van der Waals surface area contributed by atoms with Crippen LogP contribution in [0.4, 0.5) is 0 Å². The number of amides is 1. The SMILES string of the molecule is CCCOc1ccc2cc(C(=O)NCCc3ccccc3)c(=O)oc2c1. The minimum absolute atomic E-state index is 0.00721. The average Bonchev–Trinajstić information content (AvgIpc) is 2.66. The molecule has 0 spiro atoms. The largest absolute Gasteiger partial charge is 0.493 e. The Balaban J connectivity index is 1.71. The quantitative estimate of drug-likeness (QED) is 0.661. The number of carbonyl (C=O) groups is 1. The van der Waals surface area contributed by atoms with E-state index in [1.807, 2.05) is 37.3 Å². The van der Waals surface area contributed by atoms with Crippen LogP contribution in [0.2, 0.25) is 0 Å². The normalized spacial score (nSPS) is 10.7. The minimum Gasteiger partial charge on any atom is -0.493 e. The Hall–Kier alpha value is -3.08. The fourth-order valence-electron chi connectivity index (χ4n) is 2.62. The van der Waals surface area contributed by atoms with Crippen LogP contribution in [0.1, 0.15) is 29.3 Å². The van der Waals surface area contributed by atoms with Crippen LogP contribution in [0.3, 0.4) is 0 Å². The van der Waals surface area contributed by atoms with Crippen LogP contribution in [-0.4, -0.2) is 19.1 Å². The molecule has 134 valence electrons. The number of benzene rings is 2. The number of carbonyl (C=O) groups excluding carboxylic acids is 1. The van der Waals surface area contributed by atoms with Gasteiger partial charge >= 0.3 is 5.63 Å². The maximum absolute atomic E-state index is 12.3. The third-order valence-corrected chi connectivity index (χ3v) is 3.97. The molecular weight excluding hydrogens is 330 g/mol.